The number of carbonyl (C=O) groups excluding carboxylic acids is 1. The van der Waals surface area contributed by atoms with Crippen molar-refractivity contribution in [1.82, 2.24) is 30.1 Å². The van der Waals surface area contributed by atoms with Gasteiger partial charge in [-0.3, -0.25) is 14.5 Å². The molecule has 2 aromatic heterocycles. The van der Waals surface area contributed by atoms with Crippen molar-refractivity contribution in [3.63, 3.8) is 0 Å². The SMILES string of the molecule is CCOC(=O)Cn1nnnc1[C@H](C(C)C)N(Cc1ccc(F)cc1)Cc1cc2cccc(C)c2[nH]c1=O. The first-order chi connectivity index (χ1) is 17.8. The highest BCUT2D eigenvalue weighted by molar-refractivity contribution is 5.81. The van der Waals surface area contributed by atoms with Crippen LogP contribution in [-0.2, 0) is 29.2 Å². The molecule has 37 heavy (non-hydrogen) atoms. The highest BCUT2D eigenvalue weighted by atomic mass is 19.1. The summed E-state index contributed by atoms with van der Waals surface area (Å²) in [6, 6.07) is 13.7. The van der Waals surface area contributed by atoms with Crippen molar-refractivity contribution >= 4 is 16.9 Å². The highest BCUT2D eigenvalue weighted by Gasteiger charge is 2.30. The van der Waals surface area contributed by atoms with Crippen LogP contribution >= 0.6 is 0 Å². The number of para-hydroxylation sites is 1. The van der Waals surface area contributed by atoms with Crippen LogP contribution in [0, 0.1) is 18.7 Å². The normalized spacial score (nSPS) is 12.4. The molecule has 1 atom stereocenters. The molecule has 194 valence electrons. The van der Waals surface area contributed by atoms with E-state index in [2.05, 4.69) is 25.4 Å². The Bertz CT molecular complexity index is 1430. The second kappa shape index (κ2) is 11.4. The summed E-state index contributed by atoms with van der Waals surface area (Å²) in [5, 5.41) is 13.0. The molecule has 0 radical (unpaired) electrons. The van der Waals surface area contributed by atoms with Crippen LogP contribution in [0.5, 0.6) is 0 Å². The van der Waals surface area contributed by atoms with E-state index >= 15 is 0 Å². The van der Waals surface area contributed by atoms with E-state index in [0.29, 0.717) is 17.9 Å². The Morgan fingerprint density at radius 3 is 2.62 bits per heavy atom. The number of aromatic amines is 1. The summed E-state index contributed by atoms with van der Waals surface area (Å²) in [7, 11) is 0. The third-order valence-corrected chi connectivity index (χ3v) is 6.27. The number of ether oxygens (including phenoxy) is 1. The number of aryl methyl sites for hydroxylation is 1. The number of halogens is 1. The Kier molecular flexibility index (Phi) is 8.08. The summed E-state index contributed by atoms with van der Waals surface area (Å²) < 4.78 is 20.1. The van der Waals surface area contributed by atoms with Gasteiger partial charge in [-0.1, -0.05) is 44.2 Å². The number of rotatable bonds is 10. The number of nitrogens with one attached hydrogen (secondary N) is 1. The topological polar surface area (TPSA) is 106 Å². The minimum Gasteiger partial charge on any atom is -0.465 e. The number of hydrogen-bond donors (Lipinski definition) is 1. The minimum atomic E-state index is -0.440. The largest absolute Gasteiger partial charge is 0.465 e. The van der Waals surface area contributed by atoms with E-state index in [1.165, 1.54) is 16.8 Å². The number of carbonyl (C=O) groups is 1. The zero-order valence-corrected chi connectivity index (χ0v) is 21.4. The third kappa shape index (κ3) is 6.08. The zero-order valence-electron chi connectivity index (χ0n) is 21.4. The van der Waals surface area contributed by atoms with Gasteiger partial charge in [0.25, 0.3) is 5.56 Å². The molecule has 0 amide bonds. The van der Waals surface area contributed by atoms with E-state index in [-0.39, 0.29) is 43.0 Å². The number of pyridine rings is 1. The molecule has 0 saturated carbocycles. The van der Waals surface area contributed by atoms with Gasteiger partial charge in [-0.15, -0.1) is 5.10 Å². The lowest BCUT2D eigenvalue weighted by molar-refractivity contribution is -0.144. The molecule has 0 spiro atoms. The Morgan fingerprint density at radius 2 is 1.92 bits per heavy atom. The molecule has 10 heteroatoms. The van der Waals surface area contributed by atoms with Gasteiger partial charge in [-0.05, 0) is 64.9 Å². The molecule has 9 nitrogen and oxygen atoms in total. The van der Waals surface area contributed by atoms with Gasteiger partial charge in [0.2, 0.25) is 0 Å². The lowest BCUT2D eigenvalue weighted by Gasteiger charge is -2.33. The van der Waals surface area contributed by atoms with E-state index in [9.17, 15) is 14.0 Å². The molecule has 4 rings (SSSR count). The maximum absolute atomic E-state index is 13.6. The van der Waals surface area contributed by atoms with Gasteiger partial charge in [0.1, 0.15) is 12.4 Å². The number of esters is 1. The predicted octanol–water partition coefficient (Wildman–Crippen LogP) is 3.92. The van der Waals surface area contributed by atoms with Crippen molar-refractivity contribution in [2.24, 2.45) is 5.92 Å². The van der Waals surface area contributed by atoms with Crippen LogP contribution < -0.4 is 5.56 Å². The first kappa shape index (κ1) is 26.2. The number of fused-ring (bicyclic) bond motifs is 1. The smallest absolute Gasteiger partial charge is 0.327 e. The molecular formula is C27H31FN6O3. The fourth-order valence-corrected chi connectivity index (χ4v) is 4.59. The van der Waals surface area contributed by atoms with E-state index < -0.39 is 5.97 Å². The molecule has 2 heterocycles. The number of aromatic nitrogens is 5. The van der Waals surface area contributed by atoms with E-state index in [0.717, 1.165) is 22.0 Å². The van der Waals surface area contributed by atoms with Gasteiger partial charge in [0.05, 0.1) is 18.2 Å². The van der Waals surface area contributed by atoms with E-state index in [1.807, 2.05) is 45.0 Å². The van der Waals surface area contributed by atoms with Gasteiger partial charge in [0.15, 0.2) is 5.82 Å². The molecule has 0 unspecified atom stereocenters. The molecular weight excluding hydrogens is 475 g/mol. The summed E-state index contributed by atoms with van der Waals surface area (Å²) >= 11 is 0. The maximum Gasteiger partial charge on any atom is 0.327 e. The van der Waals surface area contributed by atoms with E-state index in [4.69, 9.17) is 4.74 Å². The van der Waals surface area contributed by atoms with Crippen molar-refractivity contribution in [2.75, 3.05) is 6.61 Å². The summed E-state index contributed by atoms with van der Waals surface area (Å²) in [6.07, 6.45) is 0. The molecule has 4 aromatic rings. The average molecular weight is 507 g/mol. The number of hydrogen-bond acceptors (Lipinski definition) is 7. The molecule has 2 aromatic carbocycles. The summed E-state index contributed by atoms with van der Waals surface area (Å²) in [4.78, 5) is 30.4. The van der Waals surface area contributed by atoms with Crippen LogP contribution in [0.4, 0.5) is 4.39 Å². The molecule has 0 aliphatic rings. The lowest BCUT2D eigenvalue weighted by Crippen LogP contribution is -2.35. The van der Waals surface area contributed by atoms with E-state index in [1.54, 1.807) is 19.1 Å². The first-order valence-electron chi connectivity index (χ1n) is 12.3. The quantitative estimate of drug-likeness (QED) is 0.325. The maximum atomic E-state index is 13.6. The molecule has 1 N–H and O–H groups in total. The Morgan fingerprint density at radius 1 is 1.16 bits per heavy atom. The van der Waals surface area contributed by atoms with Gasteiger partial charge < -0.3 is 9.72 Å². The predicted molar refractivity (Wildman–Crippen MR) is 137 cm³/mol. The van der Waals surface area contributed by atoms with Gasteiger partial charge in [-0.2, -0.15) is 0 Å². The average Bonchev–Trinajstić information content (AvgIpc) is 3.29. The first-order valence-corrected chi connectivity index (χ1v) is 12.3. The molecule has 0 saturated heterocycles. The van der Waals surface area contributed by atoms with Crippen LogP contribution in [0.15, 0.2) is 53.3 Å². The minimum absolute atomic E-state index is 0.00850. The Hall–Kier alpha value is -3.92. The lowest BCUT2D eigenvalue weighted by atomic mass is 9.99. The van der Waals surface area contributed by atoms with Crippen LogP contribution in [0.1, 0.15) is 49.3 Å². The summed E-state index contributed by atoms with van der Waals surface area (Å²) in [5.74, 6) is -0.271. The molecule has 0 bridgehead atoms. The van der Waals surface area contributed by atoms with Crippen LogP contribution in [-0.4, -0.2) is 42.7 Å². The number of H-pyrrole nitrogens is 1. The summed E-state index contributed by atoms with van der Waals surface area (Å²) in [5.41, 5.74) is 3.06. The van der Waals surface area contributed by atoms with Crippen molar-refractivity contribution in [3.05, 3.63) is 87.2 Å². The van der Waals surface area contributed by atoms with Crippen LogP contribution in [0.25, 0.3) is 10.9 Å². The number of nitrogens with zero attached hydrogens (tertiary/aromatic N) is 5. The molecule has 0 fully saturated rings. The zero-order chi connectivity index (χ0) is 26.5. The second-order valence-corrected chi connectivity index (χ2v) is 9.38. The van der Waals surface area contributed by atoms with Crippen molar-refractivity contribution < 1.29 is 13.9 Å². The fourth-order valence-electron chi connectivity index (χ4n) is 4.59. The van der Waals surface area contributed by atoms with Crippen LogP contribution in [0.2, 0.25) is 0 Å². The fraction of sp³-hybridized carbons (Fsp3) is 0.370. The summed E-state index contributed by atoms with van der Waals surface area (Å²) in [6.45, 7) is 8.56. The Balaban J connectivity index is 1.76. The molecule has 0 aliphatic heterocycles. The van der Waals surface area contributed by atoms with Crippen molar-refractivity contribution in [1.29, 1.82) is 0 Å². The highest BCUT2D eigenvalue weighted by Crippen LogP contribution is 2.30. The van der Waals surface area contributed by atoms with Gasteiger partial charge >= 0.3 is 5.97 Å². The van der Waals surface area contributed by atoms with Crippen molar-refractivity contribution in [2.45, 2.75) is 53.4 Å². The van der Waals surface area contributed by atoms with Crippen molar-refractivity contribution in [3.8, 4) is 0 Å². The van der Waals surface area contributed by atoms with Gasteiger partial charge in [-0.25, -0.2) is 9.07 Å². The second-order valence-electron chi connectivity index (χ2n) is 9.38. The van der Waals surface area contributed by atoms with Gasteiger partial charge in [0, 0.05) is 18.7 Å². The third-order valence-electron chi connectivity index (χ3n) is 6.27. The monoisotopic (exact) mass is 506 g/mol. The Labute approximate surface area is 214 Å². The number of benzene rings is 2. The number of tetrazole rings is 1. The molecule has 0 aliphatic carbocycles. The van der Waals surface area contributed by atoms with Crippen LogP contribution in [0.3, 0.4) is 0 Å². The standard InChI is InChI=1S/C27H31FN6O3/c1-5-37-23(35)16-34-26(30-31-32-34)25(17(2)3)33(14-19-9-11-22(28)12-10-19)15-21-13-20-8-6-7-18(4)24(20)29-27(21)36/h6-13,17,25H,5,14-16H2,1-4H3,(H,29,36)/t25-/m0/s1.